The van der Waals surface area contributed by atoms with Gasteiger partial charge in [-0.1, -0.05) is 17.7 Å². The molecule has 0 fully saturated rings. The van der Waals surface area contributed by atoms with Crippen LogP contribution < -0.4 is 5.32 Å². The molecule has 1 aromatic heterocycles. The first-order valence-electron chi connectivity index (χ1n) is 5.75. The number of aromatic nitrogens is 1. The van der Waals surface area contributed by atoms with Gasteiger partial charge in [-0.05, 0) is 31.2 Å². The summed E-state index contributed by atoms with van der Waals surface area (Å²) in [5.74, 6) is -1.64. The number of aromatic carboxylic acids is 1. The first kappa shape index (κ1) is 14.0. The molecule has 0 aliphatic carbocycles. The van der Waals surface area contributed by atoms with Gasteiger partial charge in [-0.2, -0.15) is 0 Å². The molecule has 0 atom stereocenters. The van der Waals surface area contributed by atoms with Crippen LogP contribution >= 0.6 is 11.6 Å². The lowest BCUT2D eigenvalue weighted by molar-refractivity contribution is 0.0698. The maximum atomic E-state index is 12.0. The molecule has 0 spiro atoms. The standard InChI is InChI=1S/C14H11ClN2O3/c1-8-5-6-9(7-16-8)13(18)17-11-4-2-3-10(15)12(11)14(19)20/h2-7H,1H3,(H,17,18)(H,19,20). The molecule has 0 bridgehead atoms. The molecule has 0 saturated heterocycles. The number of halogens is 1. The number of hydrogen-bond donors (Lipinski definition) is 2. The fourth-order valence-corrected chi connectivity index (χ4v) is 1.90. The number of carbonyl (C=O) groups is 2. The number of pyridine rings is 1. The Labute approximate surface area is 120 Å². The normalized spacial score (nSPS) is 10.1. The van der Waals surface area contributed by atoms with E-state index in [0.29, 0.717) is 5.56 Å². The second-order valence-corrected chi connectivity index (χ2v) is 4.52. The third kappa shape index (κ3) is 2.95. The quantitative estimate of drug-likeness (QED) is 0.911. The van der Waals surface area contributed by atoms with Crippen molar-refractivity contribution in [3.63, 3.8) is 0 Å². The number of carboxylic acid groups (broad SMARTS) is 1. The average molecular weight is 291 g/mol. The van der Waals surface area contributed by atoms with E-state index < -0.39 is 11.9 Å². The van der Waals surface area contributed by atoms with Gasteiger partial charge in [0.05, 0.1) is 16.3 Å². The highest BCUT2D eigenvalue weighted by Crippen LogP contribution is 2.24. The molecule has 0 unspecified atom stereocenters. The molecule has 0 saturated carbocycles. The Bertz CT molecular complexity index is 669. The molecule has 1 heterocycles. The number of nitrogens with one attached hydrogen (secondary N) is 1. The molecule has 2 rings (SSSR count). The van der Waals surface area contributed by atoms with E-state index in [2.05, 4.69) is 10.3 Å². The second-order valence-electron chi connectivity index (χ2n) is 4.11. The molecule has 20 heavy (non-hydrogen) atoms. The van der Waals surface area contributed by atoms with E-state index in [1.807, 2.05) is 0 Å². The number of anilines is 1. The lowest BCUT2D eigenvalue weighted by Gasteiger charge is -2.09. The van der Waals surface area contributed by atoms with Crippen molar-refractivity contribution < 1.29 is 14.7 Å². The summed E-state index contributed by atoms with van der Waals surface area (Å²) in [5, 5.41) is 11.7. The molecular weight excluding hydrogens is 280 g/mol. The minimum absolute atomic E-state index is 0.0670. The van der Waals surface area contributed by atoms with Crippen LogP contribution in [0.5, 0.6) is 0 Å². The number of hydrogen-bond acceptors (Lipinski definition) is 3. The van der Waals surface area contributed by atoms with Gasteiger partial charge in [-0.3, -0.25) is 9.78 Å². The number of rotatable bonds is 3. The zero-order valence-electron chi connectivity index (χ0n) is 10.6. The molecule has 5 nitrogen and oxygen atoms in total. The Morgan fingerprint density at radius 3 is 2.60 bits per heavy atom. The van der Waals surface area contributed by atoms with Crippen molar-refractivity contribution in [1.82, 2.24) is 4.98 Å². The van der Waals surface area contributed by atoms with E-state index in [9.17, 15) is 9.59 Å². The van der Waals surface area contributed by atoms with Crippen molar-refractivity contribution in [3.8, 4) is 0 Å². The first-order chi connectivity index (χ1) is 9.49. The number of aryl methyl sites for hydroxylation is 1. The summed E-state index contributed by atoms with van der Waals surface area (Å²) >= 11 is 5.83. The van der Waals surface area contributed by atoms with E-state index in [0.717, 1.165) is 5.69 Å². The fraction of sp³-hybridized carbons (Fsp3) is 0.0714. The number of carbonyl (C=O) groups excluding carboxylic acids is 1. The zero-order valence-corrected chi connectivity index (χ0v) is 11.3. The minimum Gasteiger partial charge on any atom is -0.478 e. The Morgan fingerprint density at radius 1 is 1.25 bits per heavy atom. The average Bonchev–Trinajstić information content (AvgIpc) is 2.39. The SMILES string of the molecule is Cc1ccc(C(=O)Nc2cccc(Cl)c2C(=O)O)cn1. The van der Waals surface area contributed by atoms with Gasteiger partial charge in [0.15, 0.2) is 0 Å². The smallest absolute Gasteiger partial charge is 0.339 e. The number of amides is 1. The van der Waals surface area contributed by atoms with Crippen LogP contribution in [0.1, 0.15) is 26.4 Å². The highest BCUT2D eigenvalue weighted by molar-refractivity contribution is 6.34. The highest BCUT2D eigenvalue weighted by Gasteiger charge is 2.16. The molecule has 0 radical (unpaired) electrons. The molecule has 6 heteroatoms. The summed E-state index contributed by atoms with van der Waals surface area (Å²) < 4.78 is 0. The van der Waals surface area contributed by atoms with Crippen LogP contribution in [0.2, 0.25) is 5.02 Å². The lowest BCUT2D eigenvalue weighted by atomic mass is 10.1. The maximum Gasteiger partial charge on any atom is 0.339 e. The molecule has 1 aromatic carbocycles. The van der Waals surface area contributed by atoms with E-state index in [4.69, 9.17) is 16.7 Å². The Morgan fingerprint density at radius 2 is 2.00 bits per heavy atom. The summed E-state index contributed by atoms with van der Waals surface area (Å²) in [4.78, 5) is 27.2. The second kappa shape index (κ2) is 5.71. The summed E-state index contributed by atoms with van der Waals surface area (Å²) in [6.45, 7) is 1.81. The van der Waals surface area contributed by atoms with Gasteiger partial charge in [-0.25, -0.2) is 4.79 Å². The highest BCUT2D eigenvalue weighted by atomic mass is 35.5. The van der Waals surface area contributed by atoms with Crippen molar-refractivity contribution in [1.29, 1.82) is 0 Å². The van der Waals surface area contributed by atoms with Gasteiger partial charge in [0.25, 0.3) is 5.91 Å². The monoisotopic (exact) mass is 290 g/mol. The van der Waals surface area contributed by atoms with Crippen molar-refractivity contribution in [2.24, 2.45) is 0 Å². The van der Waals surface area contributed by atoms with Gasteiger partial charge in [0, 0.05) is 11.9 Å². The van der Waals surface area contributed by atoms with Crippen molar-refractivity contribution in [3.05, 3.63) is 58.4 Å². The fourth-order valence-electron chi connectivity index (χ4n) is 1.64. The topological polar surface area (TPSA) is 79.3 Å². The van der Waals surface area contributed by atoms with Gasteiger partial charge < -0.3 is 10.4 Å². The third-order valence-corrected chi connectivity index (χ3v) is 2.96. The predicted octanol–water partition coefficient (Wildman–Crippen LogP) is 2.99. The van der Waals surface area contributed by atoms with Crippen LogP contribution in [-0.2, 0) is 0 Å². The van der Waals surface area contributed by atoms with Crippen LogP contribution in [0.25, 0.3) is 0 Å². The van der Waals surface area contributed by atoms with Crippen LogP contribution in [0.4, 0.5) is 5.69 Å². The summed E-state index contributed by atoms with van der Waals surface area (Å²) in [6, 6.07) is 7.81. The van der Waals surface area contributed by atoms with E-state index >= 15 is 0 Å². The molecular formula is C14H11ClN2O3. The molecule has 2 aromatic rings. The van der Waals surface area contributed by atoms with Gasteiger partial charge in [0.2, 0.25) is 0 Å². The molecule has 0 aliphatic heterocycles. The summed E-state index contributed by atoms with van der Waals surface area (Å²) in [6.07, 6.45) is 1.43. The van der Waals surface area contributed by atoms with Gasteiger partial charge in [-0.15, -0.1) is 0 Å². The molecule has 0 aliphatic rings. The lowest BCUT2D eigenvalue weighted by Crippen LogP contribution is -2.15. The van der Waals surface area contributed by atoms with E-state index in [-0.39, 0.29) is 16.3 Å². The van der Waals surface area contributed by atoms with E-state index in [1.54, 1.807) is 25.1 Å². The summed E-state index contributed by atoms with van der Waals surface area (Å²) in [7, 11) is 0. The predicted molar refractivity (Wildman–Crippen MR) is 75.3 cm³/mol. The van der Waals surface area contributed by atoms with Crippen LogP contribution in [0.15, 0.2) is 36.5 Å². The van der Waals surface area contributed by atoms with Crippen molar-refractivity contribution in [2.75, 3.05) is 5.32 Å². The van der Waals surface area contributed by atoms with Crippen LogP contribution in [0.3, 0.4) is 0 Å². The molecule has 1 amide bonds. The maximum absolute atomic E-state index is 12.0. The van der Waals surface area contributed by atoms with Gasteiger partial charge >= 0.3 is 5.97 Å². The van der Waals surface area contributed by atoms with Gasteiger partial charge in [0.1, 0.15) is 5.56 Å². The minimum atomic E-state index is -1.20. The zero-order chi connectivity index (χ0) is 14.7. The molecule has 2 N–H and O–H groups in total. The number of nitrogens with zero attached hydrogens (tertiary/aromatic N) is 1. The van der Waals surface area contributed by atoms with Crippen LogP contribution in [-0.4, -0.2) is 22.0 Å². The number of benzene rings is 1. The summed E-state index contributed by atoms with van der Waals surface area (Å²) in [5.41, 5.74) is 1.14. The Balaban J connectivity index is 2.30. The Kier molecular flexibility index (Phi) is 4.00. The Hall–Kier alpha value is -2.40. The van der Waals surface area contributed by atoms with Crippen LogP contribution in [0, 0.1) is 6.92 Å². The van der Waals surface area contributed by atoms with Crippen molar-refractivity contribution in [2.45, 2.75) is 6.92 Å². The number of carboxylic acids is 1. The van der Waals surface area contributed by atoms with E-state index in [1.165, 1.54) is 18.3 Å². The largest absolute Gasteiger partial charge is 0.478 e. The van der Waals surface area contributed by atoms with Crippen molar-refractivity contribution >= 4 is 29.2 Å². The third-order valence-electron chi connectivity index (χ3n) is 2.65. The molecule has 102 valence electrons. The first-order valence-corrected chi connectivity index (χ1v) is 6.12.